The Balaban J connectivity index is 2.01. The van der Waals surface area contributed by atoms with Gasteiger partial charge >= 0.3 is 11.9 Å². The van der Waals surface area contributed by atoms with Crippen LogP contribution in [0.4, 0.5) is 0 Å². The van der Waals surface area contributed by atoms with Gasteiger partial charge in [-0.05, 0) is 23.7 Å². The minimum atomic E-state index is -2.30. The van der Waals surface area contributed by atoms with Crippen molar-refractivity contribution in [2.24, 2.45) is 10.8 Å². The number of esters is 2. The molecule has 4 atom stereocenters. The van der Waals surface area contributed by atoms with Crippen LogP contribution in [0.25, 0.3) is 0 Å². The van der Waals surface area contributed by atoms with Gasteiger partial charge in [0.1, 0.15) is 6.61 Å². The quantitative estimate of drug-likeness (QED) is 0.330. The molecule has 176 valence electrons. The molecular formula is C25H36O6Si. The first-order valence-electron chi connectivity index (χ1n) is 11.0. The molecule has 0 amide bonds. The number of benzene rings is 1. The van der Waals surface area contributed by atoms with Gasteiger partial charge in [-0.1, -0.05) is 71.5 Å². The van der Waals surface area contributed by atoms with Crippen LogP contribution in [0.15, 0.2) is 42.7 Å². The molecule has 0 unspecified atom stereocenters. The highest BCUT2D eigenvalue weighted by molar-refractivity contribution is 6.74. The molecule has 0 N–H and O–H groups in total. The number of carbonyl (C=O) groups is 2. The summed E-state index contributed by atoms with van der Waals surface area (Å²) < 4.78 is 23.3. The second-order valence-corrected chi connectivity index (χ2v) is 15.8. The summed E-state index contributed by atoms with van der Waals surface area (Å²) in [5, 5.41) is -0.0853. The van der Waals surface area contributed by atoms with Gasteiger partial charge in [0.25, 0.3) is 0 Å². The van der Waals surface area contributed by atoms with E-state index in [-0.39, 0.29) is 17.6 Å². The van der Waals surface area contributed by atoms with Crippen LogP contribution in [0.1, 0.15) is 46.1 Å². The number of carbonyl (C=O) groups excluding carboxylic acids is 2. The Morgan fingerprint density at radius 3 is 2.25 bits per heavy atom. The van der Waals surface area contributed by atoms with Crippen molar-refractivity contribution in [3.05, 3.63) is 48.2 Å². The molecule has 2 fully saturated rings. The lowest BCUT2D eigenvalue weighted by atomic mass is 9.89. The minimum absolute atomic E-state index is 0.0853. The molecule has 1 aromatic carbocycles. The normalized spacial score (nSPS) is 29.2. The summed E-state index contributed by atoms with van der Waals surface area (Å²) in [6.07, 6.45) is -1.49. The van der Waals surface area contributed by atoms with Crippen LogP contribution < -0.4 is 0 Å². The van der Waals surface area contributed by atoms with E-state index in [4.69, 9.17) is 18.6 Å². The number of cyclic esters (lactones) is 1. The van der Waals surface area contributed by atoms with Crippen molar-refractivity contribution < 1.29 is 28.2 Å². The van der Waals surface area contributed by atoms with Crippen LogP contribution in [0.3, 0.4) is 0 Å². The van der Waals surface area contributed by atoms with Gasteiger partial charge in [-0.25, -0.2) is 4.79 Å². The van der Waals surface area contributed by atoms with E-state index in [0.29, 0.717) is 5.76 Å². The summed E-state index contributed by atoms with van der Waals surface area (Å²) >= 11 is 0. The SMILES string of the molecule is C=C(O[Si](C)(C)C(C)(C)C)[C@]1(C(=O)O[C@H]2C(=O)OCC2(C)C)[C@H](c2ccccc2)[C@@H]1OC. The molecule has 32 heavy (non-hydrogen) atoms. The molecule has 1 aliphatic heterocycles. The Bertz CT molecular complexity index is 901. The molecule has 1 saturated carbocycles. The molecule has 1 saturated heterocycles. The molecule has 1 aromatic rings. The number of rotatable bonds is 7. The number of ether oxygens (including phenoxy) is 3. The standard InChI is InChI=1S/C25H36O6Si/c1-16(31-32(8,9)23(2,3)4)25(18(19(25)28-7)17-13-11-10-12-14-17)22(27)30-20-21(26)29-15-24(20,5)6/h10-14,18-20H,1,15H2,2-9H3/t18-,19+,20+,25+/m1/s1. The van der Waals surface area contributed by atoms with Gasteiger partial charge in [0, 0.05) is 18.4 Å². The zero-order valence-corrected chi connectivity index (χ0v) is 21.5. The lowest BCUT2D eigenvalue weighted by molar-refractivity contribution is -0.168. The second-order valence-electron chi connectivity index (χ2n) is 11.1. The molecule has 3 rings (SSSR count). The third-order valence-electron chi connectivity index (χ3n) is 7.26. The third-order valence-corrected chi connectivity index (χ3v) is 11.6. The predicted octanol–water partition coefficient (Wildman–Crippen LogP) is 4.82. The van der Waals surface area contributed by atoms with Crippen molar-refractivity contribution in [1.82, 2.24) is 0 Å². The van der Waals surface area contributed by atoms with E-state index in [0.717, 1.165) is 5.56 Å². The summed E-state index contributed by atoms with van der Waals surface area (Å²) in [4.78, 5) is 26.1. The number of hydrogen-bond donors (Lipinski definition) is 0. The highest BCUT2D eigenvalue weighted by Crippen LogP contribution is 2.66. The number of methoxy groups -OCH3 is 1. The zero-order valence-electron chi connectivity index (χ0n) is 20.5. The largest absolute Gasteiger partial charge is 0.546 e. The number of hydrogen-bond acceptors (Lipinski definition) is 6. The monoisotopic (exact) mass is 460 g/mol. The van der Waals surface area contributed by atoms with Crippen molar-refractivity contribution in [3.63, 3.8) is 0 Å². The van der Waals surface area contributed by atoms with Crippen molar-refractivity contribution in [1.29, 1.82) is 0 Å². The van der Waals surface area contributed by atoms with Crippen LogP contribution >= 0.6 is 0 Å². The molecular weight excluding hydrogens is 424 g/mol. The summed E-state index contributed by atoms with van der Waals surface area (Å²) in [5.41, 5.74) is -0.913. The van der Waals surface area contributed by atoms with E-state index < -0.39 is 43.3 Å². The first kappa shape index (κ1) is 24.5. The summed E-state index contributed by atoms with van der Waals surface area (Å²) in [6, 6.07) is 9.68. The predicted molar refractivity (Wildman–Crippen MR) is 124 cm³/mol. The molecule has 1 heterocycles. The fraction of sp³-hybridized carbons (Fsp3) is 0.600. The van der Waals surface area contributed by atoms with Gasteiger partial charge in [0.05, 0.1) is 11.9 Å². The maximum atomic E-state index is 13.8. The van der Waals surface area contributed by atoms with Crippen molar-refractivity contribution in [3.8, 4) is 0 Å². The van der Waals surface area contributed by atoms with Gasteiger partial charge in [-0.15, -0.1) is 0 Å². The Labute approximate surface area is 192 Å². The molecule has 2 aliphatic rings. The minimum Gasteiger partial charge on any atom is -0.546 e. The van der Waals surface area contributed by atoms with Crippen molar-refractivity contribution >= 4 is 20.3 Å². The molecule has 7 heteroatoms. The first-order chi connectivity index (χ1) is 14.7. The highest BCUT2D eigenvalue weighted by atomic mass is 28.4. The lowest BCUT2D eigenvalue weighted by Crippen LogP contribution is -2.44. The van der Waals surface area contributed by atoms with Gasteiger partial charge < -0.3 is 18.6 Å². The average Bonchev–Trinajstić information content (AvgIpc) is 3.32. The molecule has 1 aliphatic carbocycles. The Morgan fingerprint density at radius 2 is 1.78 bits per heavy atom. The van der Waals surface area contributed by atoms with Crippen LogP contribution in [0, 0.1) is 10.8 Å². The summed E-state index contributed by atoms with van der Waals surface area (Å²) in [5.74, 6) is -1.06. The van der Waals surface area contributed by atoms with Gasteiger partial charge in [-0.3, -0.25) is 4.79 Å². The van der Waals surface area contributed by atoms with Gasteiger partial charge in [-0.2, -0.15) is 0 Å². The summed E-state index contributed by atoms with van der Waals surface area (Å²) in [7, 11) is -0.725. The highest BCUT2D eigenvalue weighted by Gasteiger charge is 2.76. The molecule has 0 spiro atoms. The molecule has 0 radical (unpaired) electrons. The average molecular weight is 461 g/mol. The van der Waals surface area contributed by atoms with E-state index in [9.17, 15) is 9.59 Å². The van der Waals surface area contributed by atoms with E-state index in [2.05, 4.69) is 40.4 Å². The van der Waals surface area contributed by atoms with Gasteiger partial charge in [0.2, 0.25) is 14.4 Å². The maximum absolute atomic E-state index is 13.8. The van der Waals surface area contributed by atoms with Crippen molar-refractivity contribution in [2.45, 2.75) is 70.9 Å². The van der Waals surface area contributed by atoms with Crippen LogP contribution in [0.5, 0.6) is 0 Å². The van der Waals surface area contributed by atoms with E-state index >= 15 is 0 Å². The molecule has 0 aromatic heterocycles. The van der Waals surface area contributed by atoms with Crippen LogP contribution in [-0.2, 0) is 28.2 Å². The Kier molecular flexibility index (Phi) is 6.15. The Morgan fingerprint density at radius 1 is 1.19 bits per heavy atom. The van der Waals surface area contributed by atoms with Crippen molar-refractivity contribution in [2.75, 3.05) is 13.7 Å². The topological polar surface area (TPSA) is 71.1 Å². The smallest absolute Gasteiger partial charge is 0.348 e. The van der Waals surface area contributed by atoms with Crippen LogP contribution in [-0.4, -0.2) is 46.2 Å². The van der Waals surface area contributed by atoms with Crippen LogP contribution in [0.2, 0.25) is 18.1 Å². The maximum Gasteiger partial charge on any atom is 0.348 e. The van der Waals surface area contributed by atoms with E-state index in [1.165, 1.54) is 0 Å². The lowest BCUT2D eigenvalue weighted by Gasteiger charge is -2.39. The van der Waals surface area contributed by atoms with E-state index in [1.54, 1.807) is 7.11 Å². The third kappa shape index (κ3) is 3.90. The van der Waals surface area contributed by atoms with E-state index in [1.807, 2.05) is 44.2 Å². The van der Waals surface area contributed by atoms with Gasteiger partial charge in [0.15, 0.2) is 5.41 Å². The second kappa shape index (κ2) is 8.03. The fourth-order valence-corrected chi connectivity index (χ4v) is 5.24. The summed E-state index contributed by atoms with van der Waals surface area (Å²) in [6.45, 7) is 18.7. The molecule has 6 nitrogen and oxygen atoms in total. The Hall–Kier alpha value is -2.12. The molecule has 0 bridgehead atoms. The fourth-order valence-electron chi connectivity index (χ4n) is 4.15. The zero-order chi connectivity index (χ0) is 24.1. The first-order valence-corrected chi connectivity index (χ1v) is 13.9.